The van der Waals surface area contributed by atoms with Crippen LogP contribution in [0.25, 0.3) is 123 Å². The average molecular weight is 885 g/mol. The zero-order chi connectivity index (χ0) is 41.7. The molecule has 0 spiro atoms. The van der Waals surface area contributed by atoms with Crippen LogP contribution < -0.4 is 0 Å². The second kappa shape index (κ2) is 15.3. The molecule has 9 heterocycles. The lowest BCUT2D eigenvalue weighted by molar-refractivity contribution is 0.568. The second-order valence-electron chi connectivity index (χ2n) is 13.3. The summed E-state index contributed by atoms with van der Waals surface area (Å²) in [5.74, 6) is 4.22. The molecular formula is C42H20N12O6S3. The van der Waals surface area contributed by atoms with Crippen molar-refractivity contribution in [3.8, 4) is 123 Å². The predicted octanol–water partition coefficient (Wildman–Crippen LogP) is 10.5. The van der Waals surface area contributed by atoms with Crippen LogP contribution in [-0.2, 0) is 0 Å². The maximum Gasteiger partial charge on any atom is 0.258 e. The first-order valence-corrected chi connectivity index (χ1v) is 21.2. The Balaban J connectivity index is 0.690. The molecule has 9 aromatic heterocycles. The number of benzene rings is 3. The van der Waals surface area contributed by atoms with E-state index in [2.05, 4.69) is 61.2 Å². The highest BCUT2D eigenvalue weighted by Gasteiger charge is 2.20. The van der Waals surface area contributed by atoms with Gasteiger partial charge < -0.3 is 26.5 Å². The first-order chi connectivity index (χ1) is 31.1. The summed E-state index contributed by atoms with van der Waals surface area (Å²) in [6.45, 7) is 0. The van der Waals surface area contributed by atoms with E-state index < -0.39 is 0 Å². The van der Waals surface area contributed by atoms with E-state index in [1.807, 2.05) is 115 Å². The smallest absolute Gasteiger partial charge is 0.258 e. The first-order valence-electron chi connectivity index (χ1n) is 18.6. The van der Waals surface area contributed by atoms with Crippen LogP contribution in [0.3, 0.4) is 0 Å². The Morgan fingerprint density at radius 2 is 0.587 bits per heavy atom. The van der Waals surface area contributed by atoms with Crippen LogP contribution in [0.2, 0.25) is 0 Å². The van der Waals surface area contributed by atoms with Crippen molar-refractivity contribution < 1.29 is 26.5 Å². The van der Waals surface area contributed by atoms with Crippen molar-refractivity contribution in [2.24, 2.45) is 0 Å². The van der Waals surface area contributed by atoms with Gasteiger partial charge in [0.15, 0.2) is 0 Å². The van der Waals surface area contributed by atoms with Crippen molar-refractivity contribution in [3.05, 3.63) is 121 Å². The quantitative estimate of drug-likeness (QED) is 0.117. The monoisotopic (exact) mass is 884 g/mol. The predicted molar refractivity (Wildman–Crippen MR) is 227 cm³/mol. The van der Waals surface area contributed by atoms with Gasteiger partial charge in [-0.25, -0.2) is 0 Å². The Kier molecular flexibility index (Phi) is 8.83. The summed E-state index contributed by atoms with van der Waals surface area (Å²) in [4.78, 5) is 3.90. The topological polar surface area (TPSA) is 234 Å². The minimum absolute atomic E-state index is 0.348. The van der Waals surface area contributed by atoms with Crippen molar-refractivity contribution >= 4 is 34.0 Å². The van der Waals surface area contributed by atoms with Crippen molar-refractivity contribution in [1.29, 1.82) is 0 Å². The molecule has 0 aliphatic carbocycles. The van der Waals surface area contributed by atoms with Gasteiger partial charge in [0.1, 0.15) is 0 Å². The van der Waals surface area contributed by atoms with E-state index in [4.69, 9.17) is 26.5 Å². The molecule has 3 aromatic carbocycles. The number of hydrogen-bond donors (Lipinski definition) is 0. The summed E-state index contributed by atoms with van der Waals surface area (Å²) in [6.07, 6.45) is 1.28. The lowest BCUT2D eigenvalue weighted by atomic mass is 10.1. The van der Waals surface area contributed by atoms with Gasteiger partial charge in [-0.3, -0.25) is 0 Å². The maximum atomic E-state index is 6.07. The van der Waals surface area contributed by atoms with Crippen molar-refractivity contribution in [1.82, 2.24) is 61.2 Å². The maximum absolute atomic E-state index is 6.07. The van der Waals surface area contributed by atoms with E-state index in [0.717, 1.165) is 46.6 Å². The minimum atomic E-state index is 0.348. The molecule has 302 valence electrons. The molecule has 0 saturated carbocycles. The van der Waals surface area contributed by atoms with Crippen molar-refractivity contribution in [2.75, 3.05) is 0 Å². The number of nitrogens with zero attached hydrogens (tertiary/aromatic N) is 12. The van der Waals surface area contributed by atoms with Gasteiger partial charge in [-0.05, 0) is 109 Å². The van der Waals surface area contributed by atoms with Crippen molar-refractivity contribution in [3.63, 3.8) is 0 Å². The van der Waals surface area contributed by atoms with Crippen LogP contribution in [0, 0.1) is 0 Å². The second-order valence-corrected chi connectivity index (χ2v) is 16.5. The van der Waals surface area contributed by atoms with Crippen LogP contribution in [-0.4, -0.2) is 61.2 Å². The third-order valence-electron chi connectivity index (χ3n) is 9.41. The van der Waals surface area contributed by atoms with Gasteiger partial charge in [0.05, 0.1) is 24.4 Å². The summed E-state index contributed by atoms with van der Waals surface area (Å²) in [7, 11) is 0. The molecule has 0 atom stereocenters. The molecule has 12 rings (SSSR count). The summed E-state index contributed by atoms with van der Waals surface area (Å²) >= 11 is 4.32. The van der Waals surface area contributed by atoms with E-state index in [-0.39, 0.29) is 0 Å². The highest BCUT2D eigenvalue weighted by atomic mass is 32.1. The zero-order valence-electron chi connectivity index (χ0n) is 31.6. The van der Waals surface area contributed by atoms with Gasteiger partial charge >= 0.3 is 0 Å². The zero-order valence-corrected chi connectivity index (χ0v) is 34.0. The lowest BCUT2D eigenvalue weighted by Gasteiger charge is -1.97. The molecule has 0 bridgehead atoms. The number of rotatable bonds is 11. The molecule has 0 fully saturated rings. The van der Waals surface area contributed by atoms with E-state index in [1.165, 1.54) is 40.4 Å². The van der Waals surface area contributed by atoms with Gasteiger partial charge in [-0.15, -0.1) is 95.2 Å². The van der Waals surface area contributed by atoms with Gasteiger partial charge in [-0.1, -0.05) is 6.07 Å². The summed E-state index contributed by atoms with van der Waals surface area (Å²) in [5, 5.41) is 52.1. The standard InChI is InChI=1S/C42H20N12O6S3/c1-2-27(61-19-1)38-50-45-33(56-38)23-7-9-24(10-8-23)35-47-52-40(58-35)30-17-18-31(63-30)42-54-49-37(60-42)26-13-11-25(12-14-26)36-48-53-41(59-36)29-16-15-28(62-29)39-51-46-34(57-39)22-5-3-21(4-6-22)32-44-43-20-55-32/h1-20H. The molecule has 0 aliphatic rings. The third-order valence-corrected chi connectivity index (χ3v) is 12.4. The largest absolute Gasteiger partial charge is 0.423 e. The average Bonchev–Trinajstić information content (AvgIpc) is 4.18. The Hall–Kier alpha value is -8.40. The number of aromatic nitrogens is 12. The van der Waals surface area contributed by atoms with Crippen LogP contribution in [0.1, 0.15) is 0 Å². The molecule has 0 unspecified atom stereocenters. The summed E-state index contributed by atoms with van der Waals surface area (Å²) in [5.41, 5.74) is 4.49. The van der Waals surface area contributed by atoms with E-state index in [9.17, 15) is 0 Å². The molecule has 0 aliphatic heterocycles. The highest BCUT2D eigenvalue weighted by Crippen LogP contribution is 2.38. The summed E-state index contributed by atoms with van der Waals surface area (Å²) in [6, 6.07) is 33.6. The Morgan fingerprint density at radius 3 is 0.873 bits per heavy atom. The first kappa shape index (κ1) is 36.5. The highest BCUT2D eigenvalue weighted by molar-refractivity contribution is 7.19. The lowest BCUT2D eigenvalue weighted by Crippen LogP contribution is -1.81. The van der Waals surface area contributed by atoms with Crippen LogP contribution in [0.4, 0.5) is 0 Å². The molecule has 0 radical (unpaired) electrons. The Labute approximate surface area is 363 Å². The fourth-order valence-electron chi connectivity index (χ4n) is 6.30. The molecule has 0 amide bonds. The molecule has 12 aromatic rings. The van der Waals surface area contributed by atoms with Crippen LogP contribution in [0.15, 0.2) is 147 Å². The van der Waals surface area contributed by atoms with E-state index in [1.54, 1.807) is 0 Å². The molecule has 0 N–H and O–H groups in total. The van der Waals surface area contributed by atoms with Gasteiger partial charge in [-0.2, -0.15) is 0 Å². The number of thiophene rings is 3. The van der Waals surface area contributed by atoms with E-state index in [0.29, 0.717) is 75.9 Å². The molecule has 0 saturated heterocycles. The molecule has 18 nitrogen and oxygen atoms in total. The van der Waals surface area contributed by atoms with Gasteiger partial charge in [0.2, 0.25) is 41.7 Å². The van der Waals surface area contributed by atoms with Gasteiger partial charge in [0.25, 0.3) is 29.5 Å². The SMILES string of the molecule is c1csc(-c2nnc(-c3ccc(-c4nnc(-c5ccc(-c6nnc(-c7ccc(-c8nnc(-c9ccc(-c%10nnc(-c%11ccc(-c%12nnco%12)cc%11)o%10)s9)o8)cc7)o6)s5)o4)cc3)o2)c1. The van der Waals surface area contributed by atoms with E-state index >= 15 is 0 Å². The minimum Gasteiger partial charge on any atom is -0.423 e. The van der Waals surface area contributed by atoms with Crippen LogP contribution in [0.5, 0.6) is 0 Å². The summed E-state index contributed by atoms with van der Waals surface area (Å²) < 4.78 is 35.3. The third kappa shape index (κ3) is 7.02. The molecular weight excluding hydrogens is 865 g/mol. The number of hydrogen-bond acceptors (Lipinski definition) is 21. The fourth-order valence-corrected chi connectivity index (χ4v) is 8.64. The fraction of sp³-hybridized carbons (Fsp3) is 0. The van der Waals surface area contributed by atoms with Crippen LogP contribution >= 0.6 is 34.0 Å². The molecule has 63 heavy (non-hydrogen) atoms. The normalized spacial score (nSPS) is 11.5. The van der Waals surface area contributed by atoms with Gasteiger partial charge in [0, 0.05) is 33.4 Å². The Morgan fingerprint density at radius 1 is 0.286 bits per heavy atom. The molecule has 21 heteroatoms. The Bertz CT molecular complexity index is 3470. The van der Waals surface area contributed by atoms with Crippen molar-refractivity contribution in [2.45, 2.75) is 0 Å².